The Labute approximate surface area is 177 Å². The van der Waals surface area contributed by atoms with Crippen LogP contribution in [0.4, 0.5) is 0 Å². The van der Waals surface area contributed by atoms with Gasteiger partial charge in [0.15, 0.2) is 0 Å². The van der Waals surface area contributed by atoms with Gasteiger partial charge in [-0.15, -0.1) is 0 Å². The topological polar surface area (TPSA) is 21.7 Å². The van der Waals surface area contributed by atoms with Crippen molar-refractivity contribution in [2.24, 2.45) is 17.3 Å². The molecule has 0 aliphatic heterocycles. The highest BCUT2D eigenvalue weighted by Crippen LogP contribution is 2.63. The Kier molecular flexibility index (Phi) is 6.09. The van der Waals surface area contributed by atoms with Crippen LogP contribution in [0.3, 0.4) is 0 Å². The summed E-state index contributed by atoms with van der Waals surface area (Å²) in [5.41, 5.74) is 6.78. The molecule has 160 valence electrons. The molecule has 0 saturated heterocycles. The number of allylic oxidation sites excluding steroid dienone is 1. The Bertz CT molecular complexity index is 768. The first-order chi connectivity index (χ1) is 13.9. The molecular weight excluding hydrogens is 358 g/mol. The first-order valence-corrected chi connectivity index (χ1v) is 11.5. The average molecular weight is 398 g/mol. The van der Waals surface area contributed by atoms with Gasteiger partial charge in [0.1, 0.15) is 5.75 Å². The van der Waals surface area contributed by atoms with Crippen molar-refractivity contribution in [1.82, 2.24) is 4.90 Å². The van der Waals surface area contributed by atoms with Gasteiger partial charge in [-0.3, -0.25) is 0 Å². The maximum Gasteiger partial charge on any atom is 0.119 e. The second-order valence-corrected chi connectivity index (χ2v) is 10.1. The number of hydrogen-bond acceptors (Lipinski definition) is 3. The van der Waals surface area contributed by atoms with Crippen molar-refractivity contribution >= 4 is 0 Å². The van der Waals surface area contributed by atoms with Crippen LogP contribution in [-0.4, -0.2) is 45.9 Å². The van der Waals surface area contributed by atoms with Crippen molar-refractivity contribution in [3.05, 3.63) is 40.5 Å². The van der Waals surface area contributed by atoms with E-state index in [2.05, 4.69) is 51.0 Å². The number of methoxy groups -OCH3 is 1. The molecule has 0 bridgehead atoms. The normalized spacial score (nSPS) is 32.6. The predicted molar refractivity (Wildman–Crippen MR) is 120 cm³/mol. The zero-order valence-corrected chi connectivity index (χ0v) is 19.1. The standard InChI is InChI=1S/C26H39NO2/c1-18(17-29-15-14-27(3)4)24-10-11-25-23-8-6-19-16-20(28-5)7-9-21(19)22(23)12-13-26(24,25)2/h7,9,16,22-23,25H,6,8,10-15,17H2,1-5H3. The van der Waals surface area contributed by atoms with Gasteiger partial charge >= 0.3 is 0 Å². The molecule has 29 heavy (non-hydrogen) atoms. The largest absolute Gasteiger partial charge is 0.497 e. The third kappa shape index (κ3) is 3.88. The Morgan fingerprint density at radius 2 is 2.00 bits per heavy atom. The van der Waals surface area contributed by atoms with Gasteiger partial charge in [-0.2, -0.15) is 0 Å². The van der Waals surface area contributed by atoms with Crippen molar-refractivity contribution in [2.45, 2.75) is 58.3 Å². The van der Waals surface area contributed by atoms with Gasteiger partial charge in [0.05, 0.1) is 20.3 Å². The van der Waals surface area contributed by atoms with Gasteiger partial charge in [0.25, 0.3) is 0 Å². The number of benzene rings is 1. The highest BCUT2D eigenvalue weighted by molar-refractivity contribution is 5.41. The van der Waals surface area contributed by atoms with E-state index in [4.69, 9.17) is 9.47 Å². The Morgan fingerprint density at radius 3 is 2.76 bits per heavy atom. The fourth-order valence-electron chi connectivity index (χ4n) is 6.76. The van der Waals surface area contributed by atoms with E-state index >= 15 is 0 Å². The van der Waals surface area contributed by atoms with E-state index in [-0.39, 0.29) is 0 Å². The van der Waals surface area contributed by atoms with E-state index < -0.39 is 0 Å². The molecule has 1 aromatic carbocycles. The molecular formula is C26H39NO2. The van der Waals surface area contributed by atoms with Gasteiger partial charge in [0.2, 0.25) is 0 Å². The van der Waals surface area contributed by atoms with Crippen LogP contribution < -0.4 is 4.74 Å². The van der Waals surface area contributed by atoms with Crippen LogP contribution in [-0.2, 0) is 11.2 Å². The predicted octanol–water partition coefficient (Wildman–Crippen LogP) is 5.45. The fourth-order valence-corrected chi connectivity index (χ4v) is 6.76. The third-order valence-corrected chi connectivity index (χ3v) is 8.23. The monoisotopic (exact) mass is 397 g/mol. The summed E-state index contributed by atoms with van der Waals surface area (Å²) >= 11 is 0. The van der Waals surface area contributed by atoms with Crippen LogP contribution in [0, 0.1) is 17.3 Å². The number of nitrogens with zero attached hydrogens (tertiary/aromatic N) is 1. The van der Waals surface area contributed by atoms with Crippen molar-refractivity contribution in [2.75, 3.05) is 41.0 Å². The minimum Gasteiger partial charge on any atom is -0.497 e. The van der Waals surface area contributed by atoms with Gasteiger partial charge < -0.3 is 14.4 Å². The molecule has 2 saturated carbocycles. The van der Waals surface area contributed by atoms with E-state index in [9.17, 15) is 0 Å². The summed E-state index contributed by atoms with van der Waals surface area (Å²) < 4.78 is 11.5. The zero-order valence-electron chi connectivity index (χ0n) is 19.1. The lowest BCUT2D eigenvalue weighted by Gasteiger charge is -2.50. The van der Waals surface area contributed by atoms with Crippen LogP contribution in [0.25, 0.3) is 0 Å². The number of rotatable bonds is 6. The Morgan fingerprint density at radius 1 is 1.17 bits per heavy atom. The lowest BCUT2D eigenvalue weighted by Crippen LogP contribution is -2.40. The van der Waals surface area contributed by atoms with Gasteiger partial charge in [-0.1, -0.05) is 18.6 Å². The fraction of sp³-hybridized carbons (Fsp3) is 0.692. The quantitative estimate of drug-likeness (QED) is 0.471. The van der Waals surface area contributed by atoms with Crippen LogP contribution in [0.1, 0.15) is 63.0 Å². The summed E-state index contributed by atoms with van der Waals surface area (Å²) in [6, 6.07) is 6.82. The van der Waals surface area contributed by atoms with Crippen molar-refractivity contribution in [3.63, 3.8) is 0 Å². The zero-order chi connectivity index (χ0) is 20.6. The number of fused-ring (bicyclic) bond motifs is 5. The molecule has 0 spiro atoms. The number of likely N-dealkylation sites (N-methyl/N-ethyl adjacent to an activating group) is 1. The van der Waals surface area contributed by atoms with Gasteiger partial charge in [0, 0.05) is 6.54 Å². The third-order valence-electron chi connectivity index (χ3n) is 8.23. The smallest absolute Gasteiger partial charge is 0.119 e. The van der Waals surface area contributed by atoms with Crippen LogP contribution in [0.2, 0.25) is 0 Å². The molecule has 1 aromatic rings. The molecule has 3 heteroatoms. The molecule has 0 heterocycles. The second kappa shape index (κ2) is 8.43. The highest BCUT2D eigenvalue weighted by Gasteiger charge is 2.52. The molecule has 4 unspecified atom stereocenters. The first kappa shape index (κ1) is 20.9. The highest BCUT2D eigenvalue weighted by atomic mass is 16.5. The second-order valence-electron chi connectivity index (χ2n) is 10.1. The minimum absolute atomic E-state index is 0.389. The summed E-state index contributed by atoms with van der Waals surface area (Å²) in [5, 5.41) is 0. The lowest BCUT2D eigenvalue weighted by molar-refractivity contribution is 0.0792. The van der Waals surface area contributed by atoms with E-state index in [1.807, 2.05) is 0 Å². The Balaban J connectivity index is 1.50. The van der Waals surface area contributed by atoms with Crippen molar-refractivity contribution < 1.29 is 9.47 Å². The molecule has 0 N–H and O–H groups in total. The summed E-state index contributed by atoms with van der Waals surface area (Å²) in [6.45, 7) is 7.53. The molecule has 4 rings (SSSR count). The lowest BCUT2D eigenvalue weighted by atomic mass is 9.55. The molecule has 4 atom stereocenters. The molecule has 0 aromatic heterocycles. The van der Waals surface area contributed by atoms with E-state index in [1.54, 1.807) is 18.2 Å². The average Bonchev–Trinajstić information content (AvgIpc) is 3.07. The first-order valence-electron chi connectivity index (χ1n) is 11.5. The molecule has 3 nitrogen and oxygen atoms in total. The number of ether oxygens (including phenoxy) is 2. The van der Waals surface area contributed by atoms with Gasteiger partial charge in [-0.05, 0) is 112 Å². The van der Waals surface area contributed by atoms with Gasteiger partial charge in [-0.25, -0.2) is 0 Å². The maximum atomic E-state index is 6.01. The molecule has 0 radical (unpaired) electrons. The summed E-state index contributed by atoms with van der Waals surface area (Å²) in [6.07, 6.45) is 7.86. The van der Waals surface area contributed by atoms with E-state index in [0.717, 1.165) is 43.3 Å². The SMILES string of the molecule is COc1ccc2c(c1)CCC1C2CCC2(C)C(=C(C)COCCN(C)C)CCC12. The van der Waals surface area contributed by atoms with Crippen molar-refractivity contribution in [3.8, 4) is 5.75 Å². The molecule has 3 aliphatic carbocycles. The molecule has 3 aliphatic rings. The molecule has 2 fully saturated rings. The van der Waals surface area contributed by atoms with E-state index in [0.29, 0.717) is 5.41 Å². The summed E-state index contributed by atoms with van der Waals surface area (Å²) in [7, 11) is 5.99. The maximum absolute atomic E-state index is 6.01. The Hall–Kier alpha value is -1.32. The van der Waals surface area contributed by atoms with E-state index in [1.165, 1.54) is 49.7 Å². The number of hydrogen-bond donors (Lipinski definition) is 0. The summed E-state index contributed by atoms with van der Waals surface area (Å²) in [4.78, 5) is 2.19. The van der Waals surface area contributed by atoms with Crippen LogP contribution >= 0.6 is 0 Å². The minimum atomic E-state index is 0.389. The summed E-state index contributed by atoms with van der Waals surface area (Å²) in [5.74, 6) is 3.44. The van der Waals surface area contributed by atoms with Crippen LogP contribution in [0.5, 0.6) is 5.75 Å². The van der Waals surface area contributed by atoms with Crippen molar-refractivity contribution in [1.29, 1.82) is 0 Å². The number of aryl methyl sites for hydroxylation is 1. The molecule has 0 amide bonds. The van der Waals surface area contributed by atoms with Crippen LogP contribution in [0.15, 0.2) is 29.3 Å².